The quantitative estimate of drug-likeness (QED) is 0.583. The molecule has 122 valence electrons. The molecule has 1 heterocycles. The SMILES string of the molecule is CC(=O)c1ccc([C@@H](CC(=O)OC(C)(C)C)c2ccsc2)cc1. The second-order valence-electron chi connectivity index (χ2n) is 6.58. The summed E-state index contributed by atoms with van der Waals surface area (Å²) in [6.07, 6.45) is 0.285. The lowest BCUT2D eigenvalue weighted by molar-refractivity contribution is -0.155. The summed E-state index contributed by atoms with van der Waals surface area (Å²) in [5.74, 6) is -0.239. The van der Waals surface area contributed by atoms with E-state index < -0.39 is 5.60 Å². The Kier molecular flexibility index (Phi) is 5.37. The van der Waals surface area contributed by atoms with Gasteiger partial charge in [-0.25, -0.2) is 0 Å². The Morgan fingerprint density at radius 2 is 1.74 bits per heavy atom. The standard InChI is InChI=1S/C19H22O3S/c1-13(20)14-5-7-15(8-6-14)17(16-9-10-23-12-16)11-18(21)22-19(2,3)4/h5-10,12,17H,11H2,1-4H3/t17-/m1/s1. The lowest BCUT2D eigenvalue weighted by Gasteiger charge is -2.22. The minimum atomic E-state index is -0.491. The predicted octanol–water partition coefficient (Wildman–Crippen LogP) is 4.81. The number of benzene rings is 1. The first-order valence-corrected chi connectivity index (χ1v) is 8.55. The van der Waals surface area contributed by atoms with Crippen LogP contribution in [0, 0.1) is 0 Å². The summed E-state index contributed by atoms with van der Waals surface area (Å²) < 4.78 is 5.46. The number of carbonyl (C=O) groups is 2. The summed E-state index contributed by atoms with van der Waals surface area (Å²) in [5.41, 5.74) is 2.29. The van der Waals surface area contributed by atoms with Crippen molar-refractivity contribution >= 4 is 23.1 Å². The van der Waals surface area contributed by atoms with E-state index in [2.05, 4.69) is 0 Å². The van der Waals surface area contributed by atoms with Crippen molar-refractivity contribution in [2.24, 2.45) is 0 Å². The third-order valence-electron chi connectivity index (χ3n) is 3.46. The Morgan fingerprint density at radius 1 is 1.09 bits per heavy atom. The van der Waals surface area contributed by atoms with Gasteiger partial charge in [0.2, 0.25) is 0 Å². The zero-order valence-corrected chi connectivity index (χ0v) is 14.8. The van der Waals surface area contributed by atoms with E-state index in [1.54, 1.807) is 18.3 Å². The molecule has 3 nitrogen and oxygen atoms in total. The predicted molar refractivity (Wildman–Crippen MR) is 93.1 cm³/mol. The molecule has 0 bridgehead atoms. The van der Waals surface area contributed by atoms with Crippen LogP contribution < -0.4 is 0 Å². The molecule has 1 aromatic heterocycles. The van der Waals surface area contributed by atoms with Gasteiger partial charge in [0.15, 0.2) is 5.78 Å². The van der Waals surface area contributed by atoms with Crippen molar-refractivity contribution in [3.63, 3.8) is 0 Å². The third kappa shape index (κ3) is 5.03. The molecule has 0 saturated heterocycles. The molecule has 4 heteroatoms. The van der Waals surface area contributed by atoms with Gasteiger partial charge in [0.05, 0.1) is 6.42 Å². The third-order valence-corrected chi connectivity index (χ3v) is 4.16. The van der Waals surface area contributed by atoms with Gasteiger partial charge in [0, 0.05) is 11.5 Å². The number of carbonyl (C=O) groups excluding carboxylic acids is 2. The minimum absolute atomic E-state index is 0.0378. The van der Waals surface area contributed by atoms with Crippen LogP contribution in [0.25, 0.3) is 0 Å². The zero-order chi connectivity index (χ0) is 17.0. The van der Waals surface area contributed by atoms with Crippen molar-refractivity contribution in [2.45, 2.75) is 45.6 Å². The van der Waals surface area contributed by atoms with Crippen LogP contribution >= 0.6 is 11.3 Å². The van der Waals surface area contributed by atoms with E-state index in [1.807, 2.05) is 61.9 Å². The fourth-order valence-corrected chi connectivity index (χ4v) is 3.12. The smallest absolute Gasteiger partial charge is 0.307 e. The Bertz CT molecular complexity index is 664. The summed E-state index contributed by atoms with van der Waals surface area (Å²) >= 11 is 1.60. The lowest BCUT2D eigenvalue weighted by Crippen LogP contribution is -2.25. The topological polar surface area (TPSA) is 43.4 Å². The average molecular weight is 330 g/mol. The Hall–Kier alpha value is -1.94. The molecule has 1 aromatic carbocycles. The van der Waals surface area contributed by atoms with Gasteiger partial charge in [0.25, 0.3) is 0 Å². The van der Waals surface area contributed by atoms with Gasteiger partial charge in [-0.1, -0.05) is 24.3 Å². The molecule has 0 saturated carbocycles. The van der Waals surface area contributed by atoms with Crippen molar-refractivity contribution in [1.29, 1.82) is 0 Å². The second kappa shape index (κ2) is 7.09. The first-order chi connectivity index (χ1) is 10.8. The summed E-state index contributed by atoms with van der Waals surface area (Å²) in [4.78, 5) is 23.7. The van der Waals surface area contributed by atoms with E-state index in [0.29, 0.717) is 5.56 Å². The lowest BCUT2D eigenvalue weighted by atomic mass is 9.89. The van der Waals surface area contributed by atoms with E-state index in [1.165, 1.54) is 0 Å². The number of hydrogen-bond donors (Lipinski definition) is 0. The highest BCUT2D eigenvalue weighted by atomic mass is 32.1. The number of esters is 1. The molecule has 0 spiro atoms. The van der Waals surface area contributed by atoms with Gasteiger partial charge < -0.3 is 4.74 Å². The average Bonchev–Trinajstić information content (AvgIpc) is 2.97. The van der Waals surface area contributed by atoms with Gasteiger partial charge in [0.1, 0.15) is 5.60 Å². The Balaban J connectivity index is 2.25. The van der Waals surface area contributed by atoms with Crippen LogP contribution in [0.3, 0.4) is 0 Å². The number of thiophene rings is 1. The van der Waals surface area contributed by atoms with Crippen LogP contribution in [0.4, 0.5) is 0 Å². The second-order valence-corrected chi connectivity index (χ2v) is 7.36. The number of ether oxygens (including phenoxy) is 1. The maximum Gasteiger partial charge on any atom is 0.307 e. The fourth-order valence-electron chi connectivity index (χ4n) is 2.40. The van der Waals surface area contributed by atoms with Crippen molar-refractivity contribution in [3.8, 4) is 0 Å². The number of ketones is 1. The number of rotatable bonds is 5. The first kappa shape index (κ1) is 17.4. The first-order valence-electron chi connectivity index (χ1n) is 7.61. The van der Waals surface area contributed by atoms with Crippen LogP contribution in [0.2, 0.25) is 0 Å². The largest absolute Gasteiger partial charge is 0.460 e. The summed E-state index contributed by atoms with van der Waals surface area (Å²) in [5, 5.41) is 4.05. The van der Waals surface area contributed by atoms with Crippen molar-refractivity contribution in [1.82, 2.24) is 0 Å². The molecule has 0 fully saturated rings. The highest BCUT2D eigenvalue weighted by Crippen LogP contribution is 2.31. The van der Waals surface area contributed by atoms with Crippen LogP contribution in [-0.4, -0.2) is 17.4 Å². The molecule has 0 N–H and O–H groups in total. The van der Waals surface area contributed by atoms with Crippen molar-refractivity contribution < 1.29 is 14.3 Å². The summed E-state index contributed by atoms with van der Waals surface area (Å²) in [6.45, 7) is 7.15. The van der Waals surface area contributed by atoms with Gasteiger partial charge in [-0.2, -0.15) is 11.3 Å². The molecule has 2 rings (SSSR count). The van der Waals surface area contributed by atoms with Gasteiger partial charge in [-0.05, 0) is 55.6 Å². The Morgan fingerprint density at radius 3 is 2.22 bits per heavy atom. The van der Waals surface area contributed by atoms with E-state index in [9.17, 15) is 9.59 Å². The zero-order valence-electron chi connectivity index (χ0n) is 14.0. The summed E-state index contributed by atoms with van der Waals surface area (Å²) in [6, 6.07) is 9.49. The van der Waals surface area contributed by atoms with E-state index in [0.717, 1.165) is 11.1 Å². The molecule has 1 atom stereocenters. The Labute approximate surface area is 141 Å². The molecular weight excluding hydrogens is 308 g/mol. The van der Waals surface area contributed by atoms with Crippen LogP contribution in [0.1, 0.15) is 61.5 Å². The molecule has 23 heavy (non-hydrogen) atoms. The van der Waals surface area contributed by atoms with Gasteiger partial charge in [-0.15, -0.1) is 0 Å². The normalized spacial score (nSPS) is 12.7. The molecule has 0 unspecified atom stereocenters. The minimum Gasteiger partial charge on any atom is -0.460 e. The molecule has 0 aliphatic rings. The molecular formula is C19H22O3S. The number of Topliss-reactive ketones (excluding diaryl/α,β-unsaturated/α-hetero) is 1. The molecule has 0 radical (unpaired) electrons. The molecule has 0 amide bonds. The highest BCUT2D eigenvalue weighted by Gasteiger charge is 2.23. The van der Waals surface area contributed by atoms with E-state index in [-0.39, 0.29) is 24.1 Å². The van der Waals surface area contributed by atoms with Gasteiger partial charge in [-0.3, -0.25) is 9.59 Å². The van der Waals surface area contributed by atoms with Crippen LogP contribution in [-0.2, 0) is 9.53 Å². The van der Waals surface area contributed by atoms with E-state index in [4.69, 9.17) is 4.74 Å². The fraction of sp³-hybridized carbons (Fsp3) is 0.368. The van der Waals surface area contributed by atoms with Crippen LogP contribution in [0.5, 0.6) is 0 Å². The highest BCUT2D eigenvalue weighted by molar-refractivity contribution is 7.08. The van der Waals surface area contributed by atoms with Crippen molar-refractivity contribution in [3.05, 3.63) is 57.8 Å². The van der Waals surface area contributed by atoms with Crippen LogP contribution in [0.15, 0.2) is 41.1 Å². The maximum atomic E-state index is 12.2. The molecule has 0 aliphatic heterocycles. The molecule has 2 aromatic rings. The van der Waals surface area contributed by atoms with Crippen molar-refractivity contribution in [2.75, 3.05) is 0 Å². The summed E-state index contributed by atoms with van der Waals surface area (Å²) in [7, 11) is 0. The van der Waals surface area contributed by atoms with E-state index >= 15 is 0 Å². The molecule has 0 aliphatic carbocycles. The monoisotopic (exact) mass is 330 g/mol. The maximum absolute atomic E-state index is 12.2. The van der Waals surface area contributed by atoms with Gasteiger partial charge >= 0.3 is 5.97 Å². The number of hydrogen-bond acceptors (Lipinski definition) is 4.